The predicted molar refractivity (Wildman–Crippen MR) is 68.5 cm³/mol. The Bertz CT molecular complexity index is 555. The summed E-state index contributed by atoms with van der Waals surface area (Å²) in [6, 6.07) is 7.63. The van der Waals surface area contributed by atoms with E-state index in [0.717, 1.165) is 0 Å². The lowest BCUT2D eigenvalue weighted by atomic mass is 10.2. The molecule has 1 aromatic heterocycles. The highest BCUT2D eigenvalue weighted by atomic mass is 32.2. The molecule has 0 aliphatic heterocycles. The fourth-order valence-corrected chi connectivity index (χ4v) is 2.47. The molecule has 0 radical (unpaired) electrons. The molecule has 0 saturated heterocycles. The third kappa shape index (κ3) is 3.28. The molecule has 2 rings (SSSR count). The number of halogens is 3. The summed E-state index contributed by atoms with van der Waals surface area (Å²) in [4.78, 5) is 0. The average molecular weight is 303 g/mol. The van der Waals surface area contributed by atoms with Gasteiger partial charge in [0.25, 0.3) is 0 Å². The average Bonchev–Trinajstić information content (AvgIpc) is 2.83. The summed E-state index contributed by atoms with van der Waals surface area (Å²) in [5, 5.41) is 9.06. The van der Waals surface area contributed by atoms with Crippen molar-refractivity contribution in [3.8, 4) is 5.69 Å². The lowest BCUT2D eigenvalue weighted by Gasteiger charge is -2.22. The Morgan fingerprint density at radius 2 is 1.90 bits per heavy atom. The normalized spacial score (nSPS) is 15.1. The Kier molecular flexibility index (Phi) is 4.29. The van der Waals surface area contributed by atoms with Crippen LogP contribution in [-0.2, 0) is 0 Å². The summed E-state index contributed by atoms with van der Waals surface area (Å²) in [5.41, 5.74) is 6.00. The number of nitrogens with zero attached hydrogens (tertiary/aromatic N) is 4. The first-order chi connectivity index (χ1) is 9.39. The zero-order valence-corrected chi connectivity index (χ0v) is 11.3. The number of rotatable bonds is 4. The molecule has 0 amide bonds. The number of benzene rings is 1. The molecule has 0 saturated carbocycles. The molecule has 2 aromatic rings. The van der Waals surface area contributed by atoms with Crippen molar-refractivity contribution in [1.29, 1.82) is 0 Å². The van der Waals surface area contributed by atoms with Crippen LogP contribution in [0.15, 0.2) is 35.5 Å². The third-order valence-electron chi connectivity index (χ3n) is 2.47. The molecule has 0 aliphatic carbocycles. The van der Waals surface area contributed by atoms with Gasteiger partial charge < -0.3 is 5.73 Å². The third-order valence-corrected chi connectivity index (χ3v) is 3.89. The second-order valence-corrected chi connectivity index (χ2v) is 5.26. The molecule has 108 valence electrons. The van der Waals surface area contributed by atoms with Gasteiger partial charge in [-0.15, -0.1) is 5.10 Å². The van der Waals surface area contributed by atoms with Crippen LogP contribution < -0.4 is 5.73 Å². The molecule has 0 fully saturated rings. The number of hydrogen-bond donors (Lipinski definition) is 1. The van der Waals surface area contributed by atoms with Gasteiger partial charge in [-0.1, -0.05) is 30.0 Å². The maximum Gasteiger partial charge on any atom is 0.402 e. The van der Waals surface area contributed by atoms with E-state index in [-0.39, 0.29) is 5.16 Å². The number of para-hydroxylation sites is 1. The van der Waals surface area contributed by atoms with Gasteiger partial charge in [0, 0.05) is 6.04 Å². The van der Waals surface area contributed by atoms with E-state index in [9.17, 15) is 13.2 Å². The lowest BCUT2D eigenvalue weighted by molar-refractivity contribution is -0.131. The SMILES string of the molecule is CC(N)C(Sc1nnnn1-c1ccccc1)C(F)(F)F. The van der Waals surface area contributed by atoms with E-state index in [1.165, 1.54) is 11.6 Å². The van der Waals surface area contributed by atoms with Gasteiger partial charge >= 0.3 is 6.18 Å². The van der Waals surface area contributed by atoms with Gasteiger partial charge in [0.1, 0.15) is 5.25 Å². The van der Waals surface area contributed by atoms with E-state index in [4.69, 9.17) is 5.73 Å². The monoisotopic (exact) mass is 303 g/mol. The maximum atomic E-state index is 12.9. The van der Waals surface area contributed by atoms with E-state index in [2.05, 4.69) is 15.5 Å². The van der Waals surface area contributed by atoms with E-state index in [1.54, 1.807) is 30.3 Å². The Morgan fingerprint density at radius 3 is 2.45 bits per heavy atom. The standard InChI is InChI=1S/C11H12F3N5S/c1-7(15)9(11(12,13)14)20-10-16-17-18-19(10)8-5-3-2-4-6-8/h2-7,9H,15H2,1H3. The summed E-state index contributed by atoms with van der Waals surface area (Å²) >= 11 is 0.509. The van der Waals surface area contributed by atoms with Gasteiger partial charge in [0.05, 0.1) is 5.69 Å². The molecule has 2 unspecified atom stereocenters. The Morgan fingerprint density at radius 1 is 1.25 bits per heavy atom. The zero-order chi connectivity index (χ0) is 14.8. The molecule has 0 spiro atoms. The molecule has 0 bridgehead atoms. The van der Waals surface area contributed by atoms with E-state index >= 15 is 0 Å². The smallest absolute Gasteiger partial charge is 0.327 e. The summed E-state index contributed by atoms with van der Waals surface area (Å²) in [6.45, 7) is 1.31. The highest BCUT2D eigenvalue weighted by molar-refractivity contribution is 7.99. The van der Waals surface area contributed by atoms with Crippen LogP contribution in [-0.4, -0.2) is 37.7 Å². The number of hydrogen-bond acceptors (Lipinski definition) is 5. The molecule has 9 heteroatoms. The minimum Gasteiger partial charge on any atom is -0.327 e. The number of nitrogens with two attached hydrogens (primary N) is 1. The Labute approximate surface area is 117 Å². The van der Waals surface area contributed by atoms with Crippen LogP contribution in [0.4, 0.5) is 13.2 Å². The van der Waals surface area contributed by atoms with Crippen molar-refractivity contribution in [2.45, 2.75) is 29.5 Å². The highest BCUT2D eigenvalue weighted by Gasteiger charge is 2.43. The molecule has 0 aliphatic rings. The highest BCUT2D eigenvalue weighted by Crippen LogP contribution is 2.36. The van der Waals surface area contributed by atoms with Gasteiger partial charge in [-0.25, -0.2) is 0 Å². The van der Waals surface area contributed by atoms with Crippen molar-refractivity contribution in [3.05, 3.63) is 30.3 Å². The molecular weight excluding hydrogens is 291 g/mol. The van der Waals surface area contributed by atoms with Crippen LogP contribution in [0.5, 0.6) is 0 Å². The number of alkyl halides is 3. The van der Waals surface area contributed by atoms with E-state index in [0.29, 0.717) is 17.4 Å². The fourth-order valence-electron chi connectivity index (χ4n) is 1.57. The van der Waals surface area contributed by atoms with Crippen molar-refractivity contribution in [1.82, 2.24) is 20.2 Å². The Balaban J connectivity index is 2.29. The minimum atomic E-state index is -4.42. The quantitative estimate of drug-likeness (QED) is 0.875. The van der Waals surface area contributed by atoms with Crippen molar-refractivity contribution >= 4 is 11.8 Å². The van der Waals surface area contributed by atoms with Gasteiger partial charge in [0.15, 0.2) is 0 Å². The van der Waals surface area contributed by atoms with Gasteiger partial charge in [-0.05, 0) is 29.5 Å². The van der Waals surface area contributed by atoms with Crippen LogP contribution in [0.1, 0.15) is 6.92 Å². The van der Waals surface area contributed by atoms with E-state index < -0.39 is 17.5 Å². The minimum absolute atomic E-state index is 0.0517. The molecule has 20 heavy (non-hydrogen) atoms. The van der Waals surface area contributed by atoms with Gasteiger partial charge in [0.2, 0.25) is 5.16 Å². The first-order valence-corrected chi connectivity index (χ1v) is 6.60. The lowest BCUT2D eigenvalue weighted by Crippen LogP contribution is -2.40. The molecule has 1 aromatic carbocycles. The number of tetrazole rings is 1. The molecule has 2 atom stereocenters. The number of aromatic nitrogens is 4. The van der Waals surface area contributed by atoms with Crippen LogP contribution in [0, 0.1) is 0 Å². The zero-order valence-electron chi connectivity index (χ0n) is 10.4. The summed E-state index contributed by atoms with van der Waals surface area (Å²) in [7, 11) is 0. The van der Waals surface area contributed by atoms with Crippen LogP contribution >= 0.6 is 11.8 Å². The van der Waals surface area contributed by atoms with Crippen molar-refractivity contribution in [3.63, 3.8) is 0 Å². The molecule has 1 heterocycles. The fraction of sp³-hybridized carbons (Fsp3) is 0.364. The van der Waals surface area contributed by atoms with Gasteiger partial charge in [-0.2, -0.15) is 17.9 Å². The molecule has 2 N–H and O–H groups in total. The van der Waals surface area contributed by atoms with E-state index in [1.807, 2.05) is 0 Å². The summed E-state index contributed by atoms with van der Waals surface area (Å²) in [5.74, 6) is 0. The second-order valence-electron chi connectivity index (χ2n) is 4.15. The van der Waals surface area contributed by atoms with Crippen molar-refractivity contribution < 1.29 is 13.2 Å². The first kappa shape index (κ1) is 14.8. The molecular formula is C11H12F3N5S. The molecule has 5 nitrogen and oxygen atoms in total. The summed E-state index contributed by atoms with van der Waals surface area (Å²) < 4.78 is 40.0. The first-order valence-electron chi connectivity index (χ1n) is 5.72. The van der Waals surface area contributed by atoms with Crippen LogP contribution in [0.25, 0.3) is 5.69 Å². The van der Waals surface area contributed by atoms with Crippen LogP contribution in [0.3, 0.4) is 0 Å². The second kappa shape index (κ2) is 5.80. The van der Waals surface area contributed by atoms with Crippen molar-refractivity contribution in [2.75, 3.05) is 0 Å². The van der Waals surface area contributed by atoms with Gasteiger partial charge in [-0.3, -0.25) is 0 Å². The topological polar surface area (TPSA) is 69.6 Å². The predicted octanol–water partition coefficient (Wildman–Crippen LogP) is 2.03. The largest absolute Gasteiger partial charge is 0.402 e. The number of thioether (sulfide) groups is 1. The van der Waals surface area contributed by atoms with Crippen LogP contribution in [0.2, 0.25) is 0 Å². The Hall–Kier alpha value is -1.61. The summed E-state index contributed by atoms with van der Waals surface area (Å²) in [6.07, 6.45) is -4.42. The van der Waals surface area contributed by atoms with Crippen molar-refractivity contribution in [2.24, 2.45) is 5.73 Å². The maximum absolute atomic E-state index is 12.9.